The molecule has 1 aliphatic carbocycles. The van der Waals surface area contributed by atoms with Gasteiger partial charge < -0.3 is 15.4 Å². The number of halogens is 1. The van der Waals surface area contributed by atoms with Crippen LogP contribution in [0.5, 0.6) is 5.75 Å². The third-order valence-corrected chi connectivity index (χ3v) is 3.57. The highest BCUT2D eigenvalue weighted by Crippen LogP contribution is 2.27. The number of hydrogen-bond acceptors (Lipinski definition) is 3. The largest absolute Gasteiger partial charge is 0.479 e. The molecule has 5 heteroatoms. The quantitative estimate of drug-likeness (QED) is 0.814. The molecular formula is C16H23ClN2O2. The van der Waals surface area contributed by atoms with Crippen molar-refractivity contribution in [2.24, 2.45) is 0 Å². The minimum atomic E-state index is -0.569. The molecular weight excluding hydrogens is 288 g/mol. The molecule has 0 heterocycles. The first kappa shape index (κ1) is 16.1. The molecule has 116 valence electrons. The van der Waals surface area contributed by atoms with E-state index in [2.05, 4.69) is 10.6 Å². The van der Waals surface area contributed by atoms with Gasteiger partial charge in [0.25, 0.3) is 5.91 Å². The van der Waals surface area contributed by atoms with Crippen molar-refractivity contribution in [1.29, 1.82) is 0 Å². The van der Waals surface area contributed by atoms with Crippen LogP contribution in [0.4, 0.5) is 0 Å². The van der Waals surface area contributed by atoms with Gasteiger partial charge in [0.1, 0.15) is 5.75 Å². The van der Waals surface area contributed by atoms with Gasteiger partial charge in [0.05, 0.1) is 5.02 Å². The van der Waals surface area contributed by atoms with E-state index < -0.39 is 6.10 Å². The van der Waals surface area contributed by atoms with E-state index in [-0.39, 0.29) is 11.9 Å². The normalized spacial score (nSPS) is 15.9. The van der Waals surface area contributed by atoms with Crippen LogP contribution in [0.25, 0.3) is 0 Å². The fourth-order valence-corrected chi connectivity index (χ4v) is 2.19. The summed E-state index contributed by atoms with van der Waals surface area (Å²) in [6.07, 6.45) is 1.95. The molecule has 1 aromatic carbocycles. The maximum atomic E-state index is 11.8. The molecule has 0 aliphatic heterocycles. The Bertz CT molecular complexity index is 501. The van der Waals surface area contributed by atoms with E-state index in [1.807, 2.05) is 32.0 Å². The van der Waals surface area contributed by atoms with Crippen LogP contribution in [-0.4, -0.2) is 24.1 Å². The standard InChI is InChI=1S/C16H23ClN2O2/c1-10(2)19-16(20)11(3)21-15-7-4-12(8-14(15)17)9-18-13-5-6-13/h4,7-8,10-11,13,18H,5-6,9H2,1-3H3,(H,19,20). The number of hydrogen-bond donors (Lipinski definition) is 2. The second-order valence-electron chi connectivity index (χ2n) is 5.84. The van der Waals surface area contributed by atoms with Crippen LogP contribution in [0, 0.1) is 0 Å². The van der Waals surface area contributed by atoms with Gasteiger partial charge in [0.2, 0.25) is 0 Å². The second-order valence-corrected chi connectivity index (χ2v) is 6.25. The number of ether oxygens (including phenoxy) is 1. The highest BCUT2D eigenvalue weighted by Gasteiger charge is 2.20. The van der Waals surface area contributed by atoms with E-state index in [4.69, 9.17) is 16.3 Å². The third-order valence-electron chi connectivity index (χ3n) is 3.27. The summed E-state index contributed by atoms with van der Waals surface area (Å²) < 4.78 is 5.64. The molecule has 21 heavy (non-hydrogen) atoms. The van der Waals surface area contributed by atoms with Crippen LogP contribution >= 0.6 is 11.6 Å². The van der Waals surface area contributed by atoms with Crippen LogP contribution in [0.15, 0.2) is 18.2 Å². The lowest BCUT2D eigenvalue weighted by Gasteiger charge is -2.17. The molecule has 4 nitrogen and oxygen atoms in total. The SMILES string of the molecule is CC(C)NC(=O)C(C)Oc1ccc(CNC2CC2)cc1Cl. The smallest absolute Gasteiger partial charge is 0.260 e. The maximum absolute atomic E-state index is 11.8. The molecule has 0 bridgehead atoms. The number of rotatable bonds is 7. The number of benzene rings is 1. The fourth-order valence-electron chi connectivity index (χ4n) is 1.95. The predicted octanol–water partition coefficient (Wildman–Crippen LogP) is 2.88. The molecule has 1 atom stereocenters. The van der Waals surface area contributed by atoms with E-state index in [9.17, 15) is 4.79 Å². The summed E-state index contributed by atoms with van der Waals surface area (Å²) in [7, 11) is 0. The van der Waals surface area contributed by atoms with Crippen LogP contribution in [0.3, 0.4) is 0 Å². The molecule has 0 radical (unpaired) electrons. The molecule has 1 aromatic rings. The van der Waals surface area contributed by atoms with Gasteiger partial charge in [-0.15, -0.1) is 0 Å². The summed E-state index contributed by atoms with van der Waals surface area (Å²) >= 11 is 6.23. The first-order valence-corrected chi connectivity index (χ1v) is 7.82. The third kappa shape index (κ3) is 5.21. The van der Waals surface area contributed by atoms with Gasteiger partial charge in [0, 0.05) is 18.6 Å². The van der Waals surface area contributed by atoms with Gasteiger partial charge in [-0.3, -0.25) is 4.79 Å². The van der Waals surface area contributed by atoms with Gasteiger partial charge in [-0.25, -0.2) is 0 Å². The van der Waals surface area contributed by atoms with Gasteiger partial charge in [-0.05, 0) is 51.3 Å². The average Bonchev–Trinajstić information content (AvgIpc) is 3.22. The number of carbonyl (C=O) groups is 1. The van der Waals surface area contributed by atoms with Crippen molar-refractivity contribution in [3.63, 3.8) is 0 Å². The molecule has 1 aliphatic rings. The Balaban J connectivity index is 1.91. The topological polar surface area (TPSA) is 50.4 Å². The van der Waals surface area contributed by atoms with Gasteiger partial charge in [0.15, 0.2) is 6.10 Å². The molecule has 1 fully saturated rings. The van der Waals surface area contributed by atoms with Crippen molar-refractivity contribution in [1.82, 2.24) is 10.6 Å². The Kier molecular flexibility index (Phi) is 5.48. The lowest BCUT2D eigenvalue weighted by Crippen LogP contribution is -2.40. The zero-order valence-electron chi connectivity index (χ0n) is 12.8. The highest BCUT2D eigenvalue weighted by atomic mass is 35.5. The van der Waals surface area contributed by atoms with Gasteiger partial charge >= 0.3 is 0 Å². The van der Waals surface area contributed by atoms with Crippen molar-refractivity contribution in [3.05, 3.63) is 28.8 Å². The Hall–Kier alpha value is -1.26. The molecule has 0 spiro atoms. The summed E-state index contributed by atoms with van der Waals surface area (Å²) in [5.41, 5.74) is 1.12. The highest BCUT2D eigenvalue weighted by molar-refractivity contribution is 6.32. The average molecular weight is 311 g/mol. The van der Waals surface area contributed by atoms with Crippen molar-refractivity contribution < 1.29 is 9.53 Å². The maximum Gasteiger partial charge on any atom is 0.260 e. The van der Waals surface area contributed by atoms with E-state index in [0.29, 0.717) is 16.8 Å². The van der Waals surface area contributed by atoms with Crippen LogP contribution in [0.2, 0.25) is 5.02 Å². The van der Waals surface area contributed by atoms with Crippen molar-refractivity contribution in [2.45, 2.75) is 58.3 Å². The number of carbonyl (C=O) groups excluding carboxylic acids is 1. The van der Waals surface area contributed by atoms with Crippen LogP contribution in [0.1, 0.15) is 39.2 Å². The van der Waals surface area contributed by atoms with Gasteiger partial charge in [-0.1, -0.05) is 17.7 Å². The summed E-state index contributed by atoms with van der Waals surface area (Å²) in [6, 6.07) is 6.45. The fraction of sp³-hybridized carbons (Fsp3) is 0.562. The number of nitrogens with one attached hydrogen (secondary N) is 2. The zero-order chi connectivity index (χ0) is 15.4. The minimum absolute atomic E-state index is 0.0925. The van der Waals surface area contributed by atoms with E-state index in [0.717, 1.165) is 12.1 Å². The van der Waals surface area contributed by atoms with Gasteiger partial charge in [-0.2, -0.15) is 0 Å². The summed E-state index contributed by atoms with van der Waals surface area (Å²) in [5.74, 6) is 0.402. The molecule has 1 amide bonds. The molecule has 0 aromatic heterocycles. The minimum Gasteiger partial charge on any atom is -0.479 e. The Morgan fingerprint density at radius 2 is 2.10 bits per heavy atom. The first-order chi connectivity index (χ1) is 9.95. The Morgan fingerprint density at radius 1 is 1.38 bits per heavy atom. The first-order valence-electron chi connectivity index (χ1n) is 7.44. The summed E-state index contributed by atoms with van der Waals surface area (Å²) in [6.45, 7) is 6.36. The monoisotopic (exact) mass is 310 g/mol. The van der Waals surface area contributed by atoms with E-state index in [1.165, 1.54) is 12.8 Å². The van der Waals surface area contributed by atoms with Crippen LogP contribution < -0.4 is 15.4 Å². The zero-order valence-corrected chi connectivity index (χ0v) is 13.5. The predicted molar refractivity (Wildman–Crippen MR) is 84.7 cm³/mol. The lowest BCUT2D eigenvalue weighted by molar-refractivity contribution is -0.127. The Labute approximate surface area is 131 Å². The molecule has 0 saturated heterocycles. The number of amides is 1. The van der Waals surface area contributed by atoms with E-state index in [1.54, 1.807) is 6.92 Å². The van der Waals surface area contributed by atoms with Crippen molar-refractivity contribution in [2.75, 3.05) is 0 Å². The van der Waals surface area contributed by atoms with Crippen molar-refractivity contribution >= 4 is 17.5 Å². The molecule has 1 unspecified atom stereocenters. The van der Waals surface area contributed by atoms with E-state index >= 15 is 0 Å². The molecule has 2 N–H and O–H groups in total. The summed E-state index contributed by atoms with van der Waals surface area (Å²) in [5, 5.41) is 6.79. The second kappa shape index (κ2) is 7.14. The molecule has 1 saturated carbocycles. The lowest BCUT2D eigenvalue weighted by atomic mass is 10.2. The summed E-state index contributed by atoms with van der Waals surface area (Å²) in [4.78, 5) is 11.8. The van der Waals surface area contributed by atoms with Crippen LogP contribution in [-0.2, 0) is 11.3 Å². The molecule has 2 rings (SSSR count). The van der Waals surface area contributed by atoms with Crippen molar-refractivity contribution in [3.8, 4) is 5.75 Å². The Morgan fingerprint density at radius 3 is 2.67 bits per heavy atom.